The van der Waals surface area contributed by atoms with Gasteiger partial charge in [0, 0.05) is 14.1 Å². The van der Waals surface area contributed by atoms with Crippen LogP contribution >= 0.6 is 11.6 Å². The molecule has 25 heavy (non-hydrogen) atoms. The van der Waals surface area contributed by atoms with Crippen LogP contribution in [0.3, 0.4) is 0 Å². The summed E-state index contributed by atoms with van der Waals surface area (Å²) in [5, 5.41) is 0.161. The number of aryl methyl sites for hydroxylation is 1. The highest BCUT2D eigenvalue weighted by atomic mass is 35.5. The van der Waals surface area contributed by atoms with E-state index in [1.54, 1.807) is 0 Å². The van der Waals surface area contributed by atoms with Gasteiger partial charge in [-0.2, -0.15) is 0 Å². The van der Waals surface area contributed by atoms with Gasteiger partial charge in [0.15, 0.2) is 0 Å². The number of hydrogen-bond donors (Lipinski definition) is 0. The molecule has 7 heteroatoms. The second-order valence-corrected chi connectivity index (χ2v) is 8.62. The second kappa shape index (κ2) is 6.78. The Balaban J connectivity index is 1.88. The highest BCUT2D eigenvalue weighted by molar-refractivity contribution is 7.89. The summed E-state index contributed by atoms with van der Waals surface area (Å²) in [7, 11) is -0.803. The number of sulfonamides is 1. The number of benzene rings is 2. The Labute approximate surface area is 152 Å². The van der Waals surface area contributed by atoms with Gasteiger partial charge in [0.25, 0.3) is 0 Å². The van der Waals surface area contributed by atoms with Crippen molar-refractivity contribution in [2.24, 2.45) is 0 Å². The van der Waals surface area contributed by atoms with Crippen LogP contribution < -0.4 is 0 Å². The Hall–Kier alpha value is -1.89. The van der Waals surface area contributed by atoms with E-state index in [2.05, 4.69) is 0 Å². The first-order valence-corrected chi connectivity index (χ1v) is 9.63. The van der Waals surface area contributed by atoms with Gasteiger partial charge in [-0.15, -0.1) is 0 Å². The largest absolute Gasteiger partial charge is 0.454 e. The van der Waals surface area contributed by atoms with Gasteiger partial charge in [-0.1, -0.05) is 35.9 Å². The first-order chi connectivity index (χ1) is 11.8. The molecule has 2 aromatic rings. The summed E-state index contributed by atoms with van der Waals surface area (Å²) in [4.78, 5) is 12.6. The van der Waals surface area contributed by atoms with Crippen molar-refractivity contribution in [2.75, 3.05) is 14.1 Å². The number of ether oxygens (including phenoxy) is 1. The molecule has 0 radical (unpaired) electrons. The van der Waals surface area contributed by atoms with E-state index in [9.17, 15) is 13.2 Å². The maximum atomic E-state index is 12.6. The predicted molar refractivity (Wildman–Crippen MR) is 95.2 cm³/mol. The monoisotopic (exact) mass is 379 g/mol. The minimum Gasteiger partial charge on any atom is -0.454 e. The molecule has 0 aromatic heterocycles. The average molecular weight is 380 g/mol. The number of esters is 1. The summed E-state index contributed by atoms with van der Waals surface area (Å²) in [5.41, 5.74) is 2.20. The van der Waals surface area contributed by atoms with E-state index in [4.69, 9.17) is 16.3 Å². The zero-order chi connectivity index (χ0) is 18.2. The number of nitrogens with zero attached hydrogens (tertiary/aromatic N) is 1. The third-order valence-corrected chi connectivity index (χ3v) is 6.40. The lowest BCUT2D eigenvalue weighted by Gasteiger charge is -2.16. The Morgan fingerprint density at radius 2 is 1.92 bits per heavy atom. The summed E-state index contributed by atoms with van der Waals surface area (Å²) in [6, 6.07) is 11.9. The number of carbonyl (C=O) groups excluding carboxylic acids is 1. The van der Waals surface area contributed by atoms with Gasteiger partial charge in [-0.25, -0.2) is 17.5 Å². The fraction of sp³-hybridized carbons (Fsp3) is 0.278. The van der Waals surface area contributed by atoms with Crippen LogP contribution in [0.1, 0.15) is 34.0 Å². The van der Waals surface area contributed by atoms with E-state index in [0.717, 1.165) is 21.9 Å². The molecule has 132 valence electrons. The molecule has 0 fully saturated rings. The molecule has 0 amide bonds. The zero-order valence-electron chi connectivity index (χ0n) is 13.9. The molecule has 0 aliphatic heterocycles. The number of halogens is 1. The molecule has 0 heterocycles. The molecule has 0 unspecified atom stereocenters. The summed E-state index contributed by atoms with van der Waals surface area (Å²) < 4.78 is 31.2. The van der Waals surface area contributed by atoms with Crippen LogP contribution in [0, 0.1) is 0 Å². The van der Waals surface area contributed by atoms with Crippen LogP contribution in [-0.4, -0.2) is 32.8 Å². The van der Waals surface area contributed by atoms with E-state index in [-0.39, 0.29) is 21.6 Å². The third kappa shape index (κ3) is 3.42. The van der Waals surface area contributed by atoms with Crippen LogP contribution in [0.15, 0.2) is 47.4 Å². The standard InChI is InChI=1S/C18H18ClNO4S/c1-20(2)25(22,23)13-8-9-16(19)15(11-13)18(21)24-17-10-7-12-5-3-4-6-14(12)17/h3-6,8-9,11,17H,7,10H2,1-2H3/t17-/m1/s1. The molecule has 0 spiro atoms. The average Bonchev–Trinajstić information content (AvgIpc) is 2.98. The van der Waals surface area contributed by atoms with Crippen molar-refractivity contribution in [1.29, 1.82) is 0 Å². The molecule has 2 aromatic carbocycles. The van der Waals surface area contributed by atoms with Crippen molar-refractivity contribution in [1.82, 2.24) is 4.31 Å². The Morgan fingerprint density at radius 3 is 2.64 bits per heavy atom. The molecule has 0 N–H and O–H groups in total. The fourth-order valence-corrected chi connectivity index (χ4v) is 3.99. The molecular formula is C18H18ClNO4S. The fourth-order valence-electron chi connectivity index (χ4n) is 2.87. The predicted octanol–water partition coefficient (Wildman–Crippen LogP) is 3.43. The summed E-state index contributed by atoms with van der Waals surface area (Å²) >= 11 is 6.10. The third-order valence-electron chi connectivity index (χ3n) is 4.26. The Bertz CT molecular complexity index is 924. The van der Waals surface area contributed by atoms with Gasteiger partial charge in [0.2, 0.25) is 10.0 Å². The first kappa shape index (κ1) is 17.9. The van der Waals surface area contributed by atoms with Gasteiger partial charge in [0.05, 0.1) is 15.5 Å². The Kier molecular flexibility index (Phi) is 4.86. The maximum absolute atomic E-state index is 12.6. The number of hydrogen-bond acceptors (Lipinski definition) is 4. The SMILES string of the molecule is CN(C)S(=O)(=O)c1ccc(Cl)c(C(=O)O[C@@H]2CCc3ccccc32)c1. The van der Waals surface area contributed by atoms with E-state index in [1.807, 2.05) is 24.3 Å². The molecule has 0 saturated carbocycles. The van der Waals surface area contributed by atoms with Gasteiger partial charge >= 0.3 is 5.97 Å². The van der Waals surface area contributed by atoms with E-state index in [1.165, 1.54) is 32.3 Å². The highest BCUT2D eigenvalue weighted by Gasteiger charge is 2.27. The van der Waals surface area contributed by atoms with Crippen molar-refractivity contribution in [2.45, 2.75) is 23.8 Å². The van der Waals surface area contributed by atoms with E-state index in [0.29, 0.717) is 6.42 Å². The van der Waals surface area contributed by atoms with Crippen molar-refractivity contribution < 1.29 is 17.9 Å². The molecular weight excluding hydrogens is 362 g/mol. The summed E-state index contributed by atoms with van der Waals surface area (Å²) in [5.74, 6) is -0.623. The minimum atomic E-state index is -3.66. The van der Waals surface area contributed by atoms with Crippen LogP contribution in [0.5, 0.6) is 0 Å². The van der Waals surface area contributed by atoms with Crippen molar-refractivity contribution in [3.8, 4) is 0 Å². The molecule has 1 aliphatic rings. The van der Waals surface area contributed by atoms with Crippen molar-refractivity contribution in [3.05, 3.63) is 64.2 Å². The van der Waals surface area contributed by atoms with E-state index < -0.39 is 16.0 Å². The summed E-state index contributed by atoms with van der Waals surface area (Å²) in [6.45, 7) is 0. The van der Waals surface area contributed by atoms with Crippen molar-refractivity contribution >= 4 is 27.6 Å². The van der Waals surface area contributed by atoms with Crippen LogP contribution in [-0.2, 0) is 21.2 Å². The molecule has 1 aliphatic carbocycles. The molecule has 0 bridgehead atoms. The molecule has 1 atom stereocenters. The molecule has 5 nitrogen and oxygen atoms in total. The highest BCUT2D eigenvalue weighted by Crippen LogP contribution is 2.35. The maximum Gasteiger partial charge on any atom is 0.340 e. The topological polar surface area (TPSA) is 63.7 Å². The van der Waals surface area contributed by atoms with Crippen LogP contribution in [0.4, 0.5) is 0 Å². The molecule has 3 rings (SSSR count). The number of fused-ring (bicyclic) bond motifs is 1. The van der Waals surface area contributed by atoms with Crippen LogP contribution in [0.2, 0.25) is 5.02 Å². The van der Waals surface area contributed by atoms with Gasteiger partial charge in [-0.05, 0) is 42.2 Å². The minimum absolute atomic E-state index is 0.000622. The lowest BCUT2D eigenvalue weighted by molar-refractivity contribution is 0.0301. The first-order valence-electron chi connectivity index (χ1n) is 7.81. The van der Waals surface area contributed by atoms with Gasteiger partial charge in [-0.3, -0.25) is 0 Å². The Morgan fingerprint density at radius 1 is 1.20 bits per heavy atom. The smallest absolute Gasteiger partial charge is 0.340 e. The van der Waals surface area contributed by atoms with Crippen molar-refractivity contribution in [3.63, 3.8) is 0 Å². The quantitative estimate of drug-likeness (QED) is 0.763. The molecule has 0 saturated heterocycles. The van der Waals surface area contributed by atoms with E-state index >= 15 is 0 Å². The number of rotatable bonds is 4. The zero-order valence-corrected chi connectivity index (χ0v) is 15.5. The second-order valence-electron chi connectivity index (χ2n) is 6.06. The normalized spacial score (nSPS) is 16.7. The summed E-state index contributed by atoms with van der Waals surface area (Å²) in [6.07, 6.45) is 1.21. The lowest BCUT2D eigenvalue weighted by Crippen LogP contribution is -2.22. The number of carbonyl (C=O) groups is 1. The lowest BCUT2D eigenvalue weighted by atomic mass is 10.1. The van der Waals surface area contributed by atoms with Crippen LogP contribution in [0.25, 0.3) is 0 Å². The van der Waals surface area contributed by atoms with Gasteiger partial charge < -0.3 is 4.74 Å². The van der Waals surface area contributed by atoms with Gasteiger partial charge in [0.1, 0.15) is 6.10 Å².